The molecule has 6 nitrogen and oxygen atoms in total. The minimum atomic E-state index is -3.58. The van der Waals surface area contributed by atoms with Gasteiger partial charge in [0.05, 0.1) is 24.2 Å². The quantitative estimate of drug-likeness (QED) is 0.782. The molecule has 0 aromatic heterocycles. The van der Waals surface area contributed by atoms with Crippen LogP contribution in [-0.2, 0) is 14.8 Å². The number of methoxy groups -OCH3 is 2. The zero-order chi connectivity index (χ0) is 17.1. The van der Waals surface area contributed by atoms with Crippen molar-refractivity contribution >= 4 is 10.0 Å². The Balaban J connectivity index is 2.20. The molecule has 1 aliphatic heterocycles. The maximum Gasteiger partial charge on any atom is 0.240 e. The Morgan fingerprint density at radius 2 is 2.00 bits per heavy atom. The summed E-state index contributed by atoms with van der Waals surface area (Å²) in [7, 11) is -0.373. The molecule has 1 aliphatic rings. The molecule has 0 amide bonds. The highest BCUT2D eigenvalue weighted by atomic mass is 32.2. The van der Waals surface area contributed by atoms with E-state index >= 15 is 0 Å². The summed E-state index contributed by atoms with van der Waals surface area (Å²) in [5, 5.41) is 3.37. The van der Waals surface area contributed by atoms with Crippen LogP contribution in [0.2, 0.25) is 0 Å². The molecule has 0 bridgehead atoms. The van der Waals surface area contributed by atoms with Gasteiger partial charge in [-0.05, 0) is 56.5 Å². The van der Waals surface area contributed by atoms with Gasteiger partial charge < -0.3 is 14.8 Å². The highest BCUT2D eigenvalue weighted by molar-refractivity contribution is 7.89. The van der Waals surface area contributed by atoms with Gasteiger partial charge in [0.2, 0.25) is 10.0 Å². The Morgan fingerprint density at radius 3 is 2.57 bits per heavy atom. The molecule has 1 heterocycles. The van der Waals surface area contributed by atoms with Crippen molar-refractivity contribution in [2.75, 3.05) is 33.9 Å². The number of rotatable bonds is 7. The Labute approximate surface area is 138 Å². The first-order valence-electron chi connectivity index (χ1n) is 7.72. The molecular weight excluding hydrogens is 316 g/mol. The summed E-state index contributed by atoms with van der Waals surface area (Å²) in [4.78, 5) is 0.293. The van der Waals surface area contributed by atoms with Gasteiger partial charge in [-0.1, -0.05) is 0 Å². The largest absolute Gasteiger partial charge is 0.496 e. The summed E-state index contributed by atoms with van der Waals surface area (Å²) in [5.41, 5.74) is 1.14. The Kier molecular flexibility index (Phi) is 5.67. The van der Waals surface area contributed by atoms with Crippen molar-refractivity contribution in [2.45, 2.75) is 37.1 Å². The molecule has 2 rings (SSSR count). The fourth-order valence-electron chi connectivity index (χ4n) is 3.05. The third-order valence-corrected chi connectivity index (χ3v) is 5.88. The van der Waals surface area contributed by atoms with E-state index in [9.17, 15) is 8.42 Å². The van der Waals surface area contributed by atoms with Gasteiger partial charge in [0.15, 0.2) is 0 Å². The summed E-state index contributed by atoms with van der Waals surface area (Å²) in [6.45, 7) is 5.28. The van der Waals surface area contributed by atoms with Gasteiger partial charge in [-0.25, -0.2) is 13.1 Å². The molecule has 2 N–H and O–H groups in total. The maximum atomic E-state index is 12.7. The predicted molar refractivity (Wildman–Crippen MR) is 89.5 cm³/mol. The average Bonchev–Trinajstić information content (AvgIpc) is 2.96. The lowest BCUT2D eigenvalue weighted by Crippen LogP contribution is -2.52. The minimum Gasteiger partial charge on any atom is -0.496 e. The number of nitrogens with one attached hydrogen (secondary N) is 2. The fourth-order valence-corrected chi connectivity index (χ4v) is 4.49. The first-order valence-corrected chi connectivity index (χ1v) is 9.21. The summed E-state index contributed by atoms with van der Waals surface area (Å²) in [6, 6.07) is 3.41. The van der Waals surface area contributed by atoms with Crippen LogP contribution in [0.4, 0.5) is 0 Å². The molecular formula is C16H26N2O4S. The van der Waals surface area contributed by atoms with Crippen molar-refractivity contribution in [2.24, 2.45) is 0 Å². The summed E-state index contributed by atoms with van der Waals surface area (Å²) in [5.74, 6) is 0.690. The standard InChI is InChI=1S/C16H26N2O4S/c1-12-9-15(13(2)8-14(12)22-4)23(19,20)18-10-16(11-21-3)6-5-7-17-16/h8-9,17-18H,5-7,10-11H2,1-4H3. The van der Waals surface area contributed by atoms with E-state index in [1.807, 2.05) is 6.92 Å². The Bertz CT molecular complexity index is 652. The third kappa shape index (κ3) is 4.03. The van der Waals surface area contributed by atoms with Gasteiger partial charge >= 0.3 is 0 Å². The van der Waals surface area contributed by atoms with Crippen molar-refractivity contribution in [3.05, 3.63) is 23.3 Å². The zero-order valence-corrected chi connectivity index (χ0v) is 15.0. The highest BCUT2D eigenvalue weighted by Gasteiger charge is 2.35. The van der Waals surface area contributed by atoms with Crippen molar-refractivity contribution in [3.8, 4) is 5.75 Å². The number of ether oxygens (including phenoxy) is 2. The molecule has 0 spiro atoms. The van der Waals surface area contributed by atoms with E-state index in [0.29, 0.717) is 29.4 Å². The van der Waals surface area contributed by atoms with E-state index in [1.165, 1.54) is 0 Å². The van der Waals surface area contributed by atoms with Gasteiger partial charge in [-0.15, -0.1) is 0 Å². The molecule has 1 atom stereocenters. The van der Waals surface area contributed by atoms with E-state index < -0.39 is 10.0 Å². The topological polar surface area (TPSA) is 76.7 Å². The lowest BCUT2D eigenvalue weighted by atomic mass is 9.99. The van der Waals surface area contributed by atoms with Crippen LogP contribution in [0.1, 0.15) is 24.0 Å². The SMILES string of the molecule is COCC1(CNS(=O)(=O)c2cc(C)c(OC)cc2C)CCCN1. The van der Waals surface area contributed by atoms with Gasteiger partial charge in [0.1, 0.15) is 5.75 Å². The molecule has 0 radical (unpaired) electrons. The van der Waals surface area contributed by atoms with Crippen molar-refractivity contribution < 1.29 is 17.9 Å². The van der Waals surface area contributed by atoms with Crippen LogP contribution in [0.15, 0.2) is 17.0 Å². The lowest BCUT2D eigenvalue weighted by Gasteiger charge is -2.29. The van der Waals surface area contributed by atoms with Crippen LogP contribution in [0, 0.1) is 13.8 Å². The van der Waals surface area contributed by atoms with Gasteiger partial charge in [0, 0.05) is 13.7 Å². The minimum absolute atomic E-state index is 0.293. The molecule has 1 aromatic rings. The molecule has 7 heteroatoms. The van der Waals surface area contributed by atoms with E-state index in [-0.39, 0.29) is 5.54 Å². The summed E-state index contributed by atoms with van der Waals surface area (Å²) < 4.78 is 38.6. The molecule has 23 heavy (non-hydrogen) atoms. The first-order chi connectivity index (χ1) is 10.8. The predicted octanol–water partition coefficient (Wildman–Crippen LogP) is 1.36. The molecule has 1 unspecified atom stereocenters. The maximum absolute atomic E-state index is 12.7. The number of hydrogen-bond acceptors (Lipinski definition) is 5. The van der Waals surface area contributed by atoms with Crippen LogP contribution in [0.5, 0.6) is 5.75 Å². The van der Waals surface area contributed by atoms with Crippen molar-refractivity contribution in [3.63, 3.8) is 0 Å². The number of benzene rings is 1. The second-order valence-electron chi connectivity index (χ2n) is 6.16. The second-order valence-corrected chi connectivity index (χ2v) is 7.89. The smallest absolute Gasteiger partial charge is 0.240 e. The summed E-state index contributed by atoms with van der Waals surface area (Å²) >= 11 is 0. The average molecular weight is 342 g/mol. The van der Waals surface area contributed by atoms with E-state index in [4.69, 9.17) is 9.47 Å². The molecule has 1 aromatic carbocycles. The van der Waals surface area contributed by atoms with Gasteiger partial charge in [-0.2, -0.15) is 0 Å². The molecule has 1 fully saturated rings. The van der Waals surface area contributed by atoms with Crippen LogP contribution in [0.25, 0.3) is 0 Å². The van der Waals surface area contributed by atoms with E-state index in [2.05, 4.69) is 10.0 Å². The van der Waals surface area contributed by atoms with Crippen molar-refractivity contribution in [1.82, 2.24) is 10.0 Å². The van der Waals surface area contributed by atoms with E-state index in [0.717, 1.165) is 24.9 Å². The monoisotopic (exact) mass is 342 g/mol. The number of hydrogen-bond donors (Lipinski definition) is 2. The highest BCUT2D eigenvalue weighted by Crippen LogP contribution is 2.26. The first kappa shape index (κ1) is 18.2. The molecule has 0 saturated carbocycles. The number of aryl methyl sites for hydroxylation is 2. The molecule has 0 aliphatic carbocycles. The number of sulfonamides is 1. The van der Waals surface area contributed by atoms with E-state index in [1.54, 1.807) is 33.3 Å². The van der Waals surface area contributed by atoms with Crippen LogP contribution < -0.4 is 14.8 Å². The van der Waals surface area contributed by atoms with Crippen LogP contribution in [0.3, 0.4) is 0 Å². The third-order valence-electron chi connectivity index (χ3n) is 4.34. The van der Waals surface area contributed by atoms with Gasteiger partial charge in [-0.3, -0.25) is 0 Å². The van der Waals surface area contributed by atoms with Crippen molar-refractivity contribution in [1.29, 1.82) is 0 Å². The fraction of sp³-hybridized carbons (Fsp3) is 0.625. The lowest BCUT2D eigenvalue weighted by molar-refractivity contribution is 0.122. The van der Waals surface area contributed by atoms with Gasteiger partial charge in [0.25, 0.3) is 0 Å². The Hall–Kier alpha value is -1.15. The molecule has 130 valence electrons. The zero-order valence-electron chi connectivity index (χ0n) is 14.2. The Morgan fingerprint density at radius 1 is 1.26 bits per heavy atom. The van der Waals surface area contributed by atoms with Crippen LogP contribution in [-0.4, -0.2) is 47.9 Å². The van der Waals surface area contributed by atoms with Crippen LogP contribution >= 0.6 is 0 Å². The molecule has 1 saturated heterocycles. The second kappa shape index (κ2) is 7.17. The normalized spacial score (nSPS) is 21.6. The summed E-state index contributed by atoms with van der Waals surface area (Å²) in [6.07, 6.45) is 1.91.